The van der Waals surface area contributed by atoms with Gasteiger partial charge < -0.3 is 0 Å². The lowest BCUT2D eigenvalue weighted by molar-refractivity contribution is -0.384. The van der Waals surface area contributed by atoms with E-state index in [0.717, 1.165) is 17.0 Å². The molecule has 0 fully saturated rings. The summed E-state index contributed by atoms with van der Waals surface area (Å²) in [6.45, 7) is -0.156. The molecule has 0 saturated heterocycles. The number of anilines is 2. The molecule has 1 heterocycles. The molecule has 0 unspecified atom stereocenters. The van der Waals surface area contributed by atoms with Gasteiger partial charge in [-0.3, -0.25) is 15.0 Å². The highest BCUT2D eigenvalue weighted by Crippen LogP contribution is 2.39. The van der Waals surface area contributed by atoms with Crippen molar-refractivity contribution in [3.05, 3.63) is 94.0 Å². The molecule has 31 heavy (non-hydrogen) atoms. The Bertz CT molecular complexity index is 1310. The van der Waals surface area contributed by atoms with Gasteiger partial charge in [-0.25, -0.2) is 22.0 Å². The molecule has 0 aromatic heterocycles. The predicted molar refractivity (Wildman–Crippen MR) is 107 cm³/mol. The van der Waals surface area contributed by atoms with Crippen molar-refractivity contribution >= 4 is 33.1 Å². The summed E-state index contributed by atoms with van der Waals surface area (Å²) in [7, 11) is -4.52. The summed E-state index contributed by atoms with van der Waals surface area (Å²) in [5.74, 6) is -2.01. The van der Waals surface area contributed by atoms with E-state index in [4.69, 9.17) is 0 Å². The van der Waals surface area contributed by atoms with Crippen LogP contribution in [0.1, 0.15) is 5.56 Å². The van der Waals surface area contributed by atoms with E-state index >= 15 is 0 Å². The number of hydrogen-bond donors (Lipinski definition) is 0. The number of sulfonamides is 1. The SMILES string of the molecule is O=C1N(Cc2ccc([N+](=O)[O-])cc2)c2ccccc2S(=O)(=O)N1c1cc(F)ccc1F. The molecule has 11 heteroatoms. The molecular formula is C20H13F2N3O5S. The summed E-state index contributed by atoms with van der Waals surface area (Å²) in [4.78, 5) is 24.3. The van der Waals surface area contributed by atoms with Crippen molar-refractivity contribution in [1.29, 1.82) is 0 Å². The van der Waals surface area contributed by atoms with Crippen LogP contribution in [0, 0.1) is 21.7 Å². The lowest BCUT2D eigenvalue weighted by Crippen LogP contribution is -2.51. The summed E-state index contributed by atoms with van der Waals surface area (Å²) in [6, 6.07) is 12.0. The van der Waals surface area contributed by atoms with Crippen molar-refractivity contribution in [3.63, 3.8) is 0 Å². The summed E-state index contributed by atoms with van der Waals surface area (Å²) >= 11 is 0. The number of halogens is 2. The molecule has 0 radical (unpaired) electrons. The van der Waals surface area contributed by atoms with Crippen LogP contribution in [0.2, 0.25) is 0 Å². The Balaban J connectivity index is 1.84. The lowest BCUT2D eigenvalue weighted by Gasteiger charge is -2.36. The second-order valence-corrected chi connectivity index (χ2v) is 8.38. The topological polar surface area (TPSA) is 101 Å². The summed E-state index contributed by atoms with van der Waals surface area (Å²) in [6.07, 6.45) is 0. The number of carbonyl (C=O) groups is 1. The Morgan fingerprint density at radius 1 is 0.935 bits per heavy atom. The second kappa shape index (κ2) is 7.43. The molecule has 0 spiro atoms. The lowest BCUT2D eigenvalue weighted by atomic mass is 10.2. The van der Waals surface area contributed by atoms with E-state index in [1.54, 1.807) is 0 Å². The van der Waals surface area contributed by atoms with Gasteiger partial charge in [-0.2, -0.15) is 4.31 Å². The summed E-state index contributed by atoms with van der Waals surface area (Å²) < 4.78 is 54.6. The highest BCUT2D eigenvalue weighted by atomic mass is 32.2. The first-order chi connectivity index (χ1) is 14.7. The van der Waals surface area contributed by atoms with Crippen molar-refractivity contribution < 1.29 is 26.9 Å². The van der Waals surface area contributed by atoms with Gasteiger partial charge in [-0.15, -0.1) is 0 Å². The number of para-hydroxylation sites is 1. The van der Waals surface area contributed by atoms with Gasteiger partial charge in [0.15, 0.2) is 0 Å². The Labute approximate surface area is 175 Å². The smallest absolute Gasteiger partial charge is 0.287 e. The average Bonchev–Trinajstić information content (AvgIpc) is 2.74. The molecule has 0 aliphatic carbocycles. The Morgan fingerprint density at radius 2 is 1.61 bits per heavy atom. The molecule has 3 aromatic carbocycles. The number of hydrogen-bond acceptors (Lipinski definition) is 5. The molecular weight excluding hydrogens is 432 g/mol. The number of fused-ring (bicyclic) bond motifs is 1. The molecule has 8 nitrogen and oxygen atoms in total. The van der Waals surface area contributed by atoms with Gasteiger partial charge in [0.2, 0.25) is 0 Å². The normalized spacial score (nSPS) is 15.0. The predicted octanol–water partition coefficient (Wildman–Crippen LogP) is 4.21. The number of urea groups is 1. The van der Waals surface area contributed by atoms with Gasteiger partial charge in [0.1, 0.15) is 22.2 Å². The zero-order chi connectivity index (χ0) is 22.3. The molecule has 158 valence electrons. The molecule has 4 rings (SSSR count). The van der Waals surface area contributed by atoms with Crippen LogP contribution < -0.4 is 9.21 Å². The molecule has 2 amide bonds. The van der Waals surface area contributed by atoms with E-state index in [9.17, 15) is 32.1 Å². The fourth-order valence-corrected chi connectivity index (χ4v) is 4.84. The Kier molecular flexibility index (Phi) is 4.90. The van der Waals surface area contributed by atoms with Crippen LogP contribution in [0.3, 0.4) is 0 Å². The van der Waals surface area contributed by atoms with Crippen molar-refractivity contribution in [2.75, 3.05) is 9.21 Å². The first-order valence-corrected chi connectivity index (χ1v) is 10.3. The first-order valence-electron chi connectivity index (χ1n) is 8.84. The van der Waals surface area contributed by atoms with Crippen LogP contribution in [0.25, 0.3) is 0 Å². The number of non-ortho nitro benzene ring substituents is 1. The maximum atomic E-state index is 14.4. The largest absolute Gasteiger partial charge is 0.343 e. The Hall–Kier alpha value is -3.86. The van der Waals surface area contributed by atoms with Crippen LogP contribution >= 0.6 is 0 Å². The van der Waals surface area contributed by atoms with E-state index in [0.29, 0.717) is 11.6 Å². The van der Waals surface area contributed by atoms with Gasteiger partial charge in [0.05, 0.1) is 17.2 Å². The fraction of sp³-hybridized carbons (Fsp3) is 0.0500. The zero-order valence-corrected chi connectivity index (χ0v) is 16.4. The molecule has 0 atom stereocenters. The van der Waals surface area contributed by atoms with Gasteiger partial charge in [0, 0.05) is 18.2 Å². The maximum absolute atomic E-state index is 14.4. The minimum atomic E-state index is -4.52. The van der Waals surface area contributed by atoms with Crippen LogP contribution in [-0.4, -0.2) is 19.4 Å². The number of amides is 2. The first kappa shape index (κ1) is 20.4. The maximum Gasteiger partial charge on any atom is 0.343 e. The standard InChI is InChI=1S/C20H13F2N3O5S/c21-14-7-10-16(22)18(11-14)24-20(26)23(12-13-5-8-15(9-6-13)25(27)28)17-3-1-2-4-19(17)31(24,29)30/h1-11H,12H2. The van der Waals surface area contributed by atoms with Gasteiger partial charge >= 0.3 is 6.03 Å². The van der Waals surface area contributed by atoms with E-state index in [1.165, 1.54) is 48.5 Å². The zero-order valence-electron chi connectivity index (χ0n) is 15.6. The molecule has 1 aliphatic heterocycles. The third kappa shape index (κ3) is 3.48. The quantitative estimate of drug-likeness (QED) is 0.442. The van der Waals surface area contributed by atoms with Crippen molar-refractivity contribution in [3.8, 4) is 0 Å². The number of nitrogens with zero attached hydrogens (tertiary/aromatic N) is 3. The highest BCUT2D eigenvalue weighted by molar-refractivity contribution is 7.94. The van der Waals surface area contributed by atoms with E-state index in [1.807, 2.05) is 0 Å². The van der Waals surface area contributed by atoms with E-state index in [-0.39, 0.29) is 27.1 Å². The second-order valence-electron chi connectivity index (χ2n) is 6.63. The van der Waals surface area contributed by atoms with Gasteiger partial charge in [-0.05, 0) is 29.8 Å². The van der Waals surface area contributed by atoms with E-state index in [2.05, 4.69) is 0 Å². The monoisotopic (exact) mass is 445 g/mol. The van der Waals surface area contributed by atoms with Crippen molar-refractivity contribution in [2.45, 2.75) is 11.4 Å². The minimum absolute atomic E-state index is 0.0546. The molecule has 3 aromatic rings. The molecule has 1 aliphatic rings. The van der Waals surface area contributed by atoms with E-state index < -0.39 is 38.3 Å². The van der Waals surface area contributed by atoms with Crippen LogP contribution in [0.5, 0.6) is 0 Å². The molecule has 0 N–H and O–H groups in total. The third-order valence-electron chi connectivity index (χ3n) is 4.69. The third-order valence-corrected chi connectivity index (χ3v) is 6.43. The van der Waals surface area contributed by atoms with Crippen LogP contribution in [0.4, 0.5) is 30.6 Å². The number of nitro benzene ring substituents is 1. The Morgan fingerprint density at radius 3 is 2.29 bits per heavy atom. The van der Waals surface area contributed by atoms with Gasteiger partial charge in [-0.1, -0.05) is 24.3 Å². The summed E-state index contributed by atoms with van der Waals surface area (Å²) in [5, 5.41) is 10.9. The van der Waals surface area contributed by atoms with Crippen LogP contribution in [-0.2, 0) is 16.6 Å². The average molecular weight is 445 g/mol. The number of rotatable bonds is 4. The van der Waals surface area contributed by atoms with Gasteiger partial charge in [0.25, 0.3) is 15.7 Å². The highest BCUT2D eigenvalue weighted by Gasteiger charge is 2.43. The minimum Gasteiger partial charge on any atom is -0.287 e. The molecule has 0 bridgehead atoms. The fourth-order valence-electron chi connectivity index (χ4n) is 3.24. The van der Waals surface area contributed by atoms with Crippen LogP contribution in [0.15, 0.2) is 71.6 Å². The number of nitro groups is 1. The van der Waals surface area contributed by atoms with Crippen molar-refractivity contribution in [2.24, 2.45) is 0 Å². The number of benzene rings is 3. The number of carbonyl (C=O) groups excluding carboxylic acids is 1. The molecule has 0 saturated carbocycles. The van der Waals surface area contributed by atoms with Crippen molar-refractivity contribution in [1.82, 2.24) is 0 Å². The summed E-state index contributed by atoms with van der Waals surface area (Å²) in [5.41, 5.74) is -0.375.